The number of nitrogens with zero attached hydrogens (tertiary/aromatic N) is 3. The van der Waals surface area contributed by atoms with Gasteiger partial charge in [0.05, 0.1) is 6.20 Å². The van der Waals surface area contributed by atoms with E-state index in [-0.39, 0.29) is 0 Å². The van der Waals surface area contributed by atoms with E-state index >= 15 is 0 Å². The molecular formula is C12H17N5. The summed E-state index contributed by atoms with van der Waals surface area (Å²) in [6.07, 6.45) is 6.59. The zero-order chi connectivity index (χ0) is 12.3. The van der Waals surface area contributed by atoms with Crippen LogP contribution in [-0.2, 0) is 13.5 Å². The number of pyridine rings is 1. The lowest BCUT2D eigenvalue weighted by Crippen LogP contribution is -2.06. The first-order chi connectivity index (χ1) is 8.15. The monoisotopic (exact) mass is 231 g/mol. The van der Waals surface area contributed by atoms with E-state index in [2.05, 4.69) is 15.4 Å². The van der Waals surface area contributed by atoms with Crippen molar-refractivity contribution in [2.24, 2.45) is 7.05 Å². The summed E-state index contributed by atoms with van der Waals surface area (Å²) in [5.41, 5.74) is 8.79. The molecule has 0 unspecified atom stereocenters. The SMILES string of the molecule is Cc1cnc(NCCc2cnn(C)c2)cc1N. The topological polar surface area (TPSA) is 68.8 Å². The van der Waals surface area contributed by atoms with E-state index in [0.717, 1.165) is 30.0 Å². The zero-order valence-corrected chi connectivity index (χ0v) is 10.1. The van der Waals surface area contributed by atoms with E-state index in [1.807, 2.05) is 32.4 Å². The largest absolute Gasteiger partial charge is 0.398 e. The molecule has 5 heteroatoms. The van der Waals surface area contributed by atoms with Gasteiger partial charge in [-0.1, -0.05) is 0 Å². The Balaban J connectivity index is 1.87. The van der Waals surface area contributed by atoms with Crippen molar-refractivity contribution in [3.05, 3.63) is 35.8 Å². The van der Waals surface area contributed by atoms with Crippen molar-refractivity contribution in [2.75, 3.05) is 17.6 Å². The van der Waals surface area contributed by atoms with E-state index in [9.17, 15) is 0 Å². The van der Waals surface area contributed by atoms with Gasteiger partial charge in [-0.25, -0.2) is 4.98 Å². The second-order valence-electron chi connectivity index (χ2n) is 4.13. The molecule has 0 saturated carbocycles. The van der Waals surface area contributed by atoms with Crippen molar-refractivity contribution in [1.82, 2.24) is 14.8 Å². The Labute approximate surface area is 101 Å². The van der Waals surface area contributed by atoms with E-state index in [1.165, 1.54) is 5.56 Å². The molecule has 0 spiro atoms. The van der Waals surface area contributed by atoms with Gasteiger partial charge < -0.3 is 11.1 Å². The normalized spacial score (nSPS) is 10.5. The number of nitrogens with two attached hydrogens (primary N) is 1. The van der Waals surface area contributed by atoms with Gasteiger partial charge in [0, 0.05) is 37.7 Å². The van der Waals surface area contributed by atoms with Crippen LogP contribution in [0.4, 0.5) is 11.5 Å². The molecule has 90 valence electrons. The minimum absolute atomic E-state index is 0.767. The van der Waals surface area contributed by atoms with Gasteiger partial charge in [-0.2, -0.15) is 5.10 Å². The molecule has 2 aromatic rings. The number of aryl methyl sites for hydroxylation is 2. The average Bonchev–Trinajstić information content (AvgIpc) is 2.70. The van der Waals surface area contributed by atoms with Crippen LogP contribution in [0.2, 0.25) is 0 Å². The van der Waals surface area contributed by atoms with E-state index in [1.54, 1.807) is 10.9 Å². The molecule has 0 aliphatic rings. The highest BCUT2D eigenvalue weighted by Gasteiger charge is 1.99. The molecule has 0 atom stereocenters. The molecule has 2 aromatic heterocycles. The molecule has 0 saturated heterocycles. The maximum atomic E-state index is 5.81. The van der Waals surface area contributed by atoms with Gasteiger partial charge in [0.1, 0.15) is 5.82 Å². The van der Waals surface area contributed by atoms with E-state index in [0.29, 0.717) is 0 Å². The minimum Gasteiger partial charge on any atom is -0.398 e. The van der Waals surface area contributed by atoms with Crippen molar-refractivity contribution in [2.45, 2.75) is 13.3 Å². The van der Waals surface area contributed by atoms with Gasteiger partial charge >= 0.3 is 0 Å². The van der Waals surface area contributed by atoms with Gasteiger partial charge in [0.2, 0.25) is 0 Å². The summed E-state index contributed by atoms with van der Waals surface area (Å²) in [6, 6.07) is 1.86. The van der Waals surface area contributed by atoms with Crippen LogP contribution < -0.4 is 11.1 Å². The van der Waals surface area contributed by atoms with Gasteiger partial charge in [0.25, 0.3) is 0 Å². The number of anilines is 2. The molecule has 5 nitrogen and oxygen atoms in total. The van der Waals surface area contributed by atoms with Crippen LogP contribution in [0.1, 0.15) is 11.1 Å². The maximum Gasteiger partial charge on any atom is 0.127 e. The number of hydrogen-bond acceptors (Lipinski definition) is 4. The molecule has 0 aliphatic carbocycles. The molecule has 0 amide bonds. The Morgan fingerprint density at radius 2 is 2.24 bits per heavy atom. The highest BCUT2D eigenvalue weighted by atomic mass is 15.2. The van der Waals surface area contributed by atoms with Crippen molar-refractivity contribution in [1.29, 1.82) is 0 Å². The van der Waals surface area contributed by atoms with Crippen LogP contribution >= 0.6 is 0 Å². The van der Waals surface area contributed by atoms with Gasteiger partial charge in [0.15, 0.2) is 0 Å². The molecule has 0 radical (unpaired) electrons. The molecular weight excluding hydrogens is 214 g/mol. The zero-order valence-electron chi connectivity index (χ0n) is 10.1. The fourth-order valence-corrected chi connectivity index (χ4v) is 1.57. The number of nitrogen functional groups attached to an aromatic ring is 1. The van der Waals surface area contributed by atoms with Crippen LogP contribution in [0.5, 0.6) is 0 Å². The lowest BCUT2D eigenvalue weighted by atomic mass is 10.2. The highest BCUT2D eigenvalue weighted by Crippen LogP contribution is 2.13. The van der Waals surface area contributed by atoms with Crippen molar-refractivity contribution in [3.8, 4) is 0 Å². The standard InChI is InChI=1S/C12H17N5/c1-9-6-15-12(5-11(9)13)14-4-3-10-7-16-17(2)8-10/h5-8H,3-4H2,1-2H3,(H3,13,14,15). The van der Waals surface area contributed by atoms with Gasteiger partial charge in [-0.15, -0.1) is 0 Å². The van der Waals surface area contributed by atoms with Crippen molar-refractivity contribution < 1.29 is 0 Å². The number of hydrogen-bond donors (Lipinski definition) is 2. The first-order valence-corrected chi connectivity index (χ1v) is 5.58. The summed E-state index contributed by atoms with van der Waals surface area (Å²) in [4.78, 5) is 4.26. The molecule has 0 bridgehead atoms. The Morgan fingerprint density at radius 3 is 2.88 bits per heavy atom. The Kier molecular flexibility index (Phi) is 3.27. The average molecular weight is 231 g/mol. The van der Waals surface area contributed by atoms with Crippen molar-refractivity contribution in [3.63, 3.8) is 0 Å². The molecule has 0 fully saturated rings. The fraction of sp³-hybridized carbons (Fsp3) is 0.333. The predicted molar refractivity (Wildman–Crippen MR) is 68.8 cm³/mol. The summed E-state index contributed by atoms with van der Waals surface area (Å²) in [5, 5.41) is 7.36. The second-order valence-corrected chi connectivity index (χ2v) is 4.13. The van der Waals surface area contributed by atoms with Crippen molar-refractivity contribution >= 4 is 11.5 Å². The van der Waals surface area contributed by atoms with E-state index < -0.39 is 0 Å². The van der Waals surface area contributed by atoms with Crippen LogP contribution in [0.25, 0.3) is 0 Å². The third-order valence-electron chi connectivity index (χ3n) is 2.62. The first kappa shape index (κ1) is 11.4. The minimum atomic E-state index is 0.767. The van der Waals surface area contributed by atoms with Crippen LogP contribution in [0.3, 0.4) is 0 Å². The lowest BCUT2D eigenvalue weighted by Gasteiger charge is -2.06. The first-order valence-electron chi connectivity index (χ1n) is 5.58. The quantitative estimate of drug-likeness (QED) is 0.833. The lowest BCUT2D eigenvalue weighted by molar-refractivity contribution is 0.767. The molecule has 0 aromatic carbocycles. The molecule has 0 aliphatic heterocycles. The smallest absolute Gasteiger partial charge is 0.127 e. The summed E-state index contributed by atoms with van der Waals surface area (Å²) < 4.78 is 1.80. The van der Waals surface area contributed by atoms with Crippen LogP contribution in [0.15, 0.2) is 24.7 Å². The summed E-state index contributed by atoms with van der Waals surface area (Å²) in [5.74, 6) is 0.817. The number of nitrogens with one attached hydrogen (secondary N) is 1. The fourth-order valence-electron chi connectivity index (χ4n) is 1.57. The molecule has 17 heavy (non-hydrogen) atoms. The second kappa shape index (κ2) is 4.86. The Hall–Kier alpha value is -2.04. The van der Waals surface area contributed by atoms with Crippen LogP contribution in [0, 0.1) is 6.92 Å². The summed E-state index contributed by atoms with van der Waals surface area (Å²) in [7, 11) is 1.92. The third-order valence-corrected chi connectivity index (χ3v) is 2.62. The highest BCUT2D eigenvalue weighted by molar-refractivity contribution is 5.53. The maximum absolute atomic E-state index is 5.81. The Bertz CT molecular complexity index is 503. The summed E-state index contributed by atoms with van der Waals surface area (Å²) in [6.45, 7) is 2.77. The number of rotatable bonds is 4. The Morgan fingerprint density at radius 1 is 1.41 bits per heavy atom. The predicted octanol–water partition coefficient (Wildman–Crippen LogP) is 1.36. The molecule has 2 rings (SSSR count). The third kappa shape index (κ3) is 2.96. The number of aromatic nitrogens is 3. The summed E-state index contributed by atoms with van der Waals surface area (Å²) >= 11 is 0. The van der Waals surface area contributed by atoms with Gasteiger partial charge in [-0.3, -0.25) is 4.68 Å². The van der Waals surface area contributed by atoms with Crippen LogP contribution in [-0.4, -0.2) is 21.3 Å². The molecule has 2 heterocycles. The van der Waals surface area contributed by atoms with E-state index in [4.69, 9.17) is 5.73 Å². The molecule has 3 N–H and O–H groups in total. The van der Waals surface area contributed by atoms with Gasteiger partial charge in [-0.05, 0) is 24.5 Å².